The van der Waals surface area contributed by atoms with Gasteiger partial charge < -0.3 is 10.1 Å². The van der Waals surface area contributed by atoms with Crippen molar-refractivity contribution in [2.24, 2.45) is 0 Å². The fourth-order valence-electron chi connectivity index (χ4n) is 1.16. The van der Waals surface area contributed by atoms with Crippen molar-refractivity contribution in [3.05, 3.63) is 11.3 Å². The minimum absolute atomic E-state index is 0.0994. The van der Waals surface area contributed by atoms with Crippen LogP contribution in [0.5, 0.6) is 0 Å². The van der Waals surface area contributed by atoms with E-state index in [-0.39, 0.29) is 18.1 Å². The van der Waals surface area contributed by atoms with Crippen molar-refractivity contribution in [3.63, 3.8) is 0 Å². The zero-order chi connectivity index (χ0) is 10.6. The predicted molar refractivity (Wildman–Crippen MR) is 46.6 cm³/mol. The molecule has 1 heterocycles. The van der Waals surface area contributed by atoms with Crippen molar-refractivity contribution in [1.29, 1.82) is 5.26 Å². The molecule has 1 amide bonds. The number of allylic oxidation sites excluding steroid dienone is 1. The number of carbonyl (C=O) groups excluding carboxylic acids is 2. The molecule has 0 saturated carbocycles. The van der Waals surface area contributed by atoms with Gasteiger partial charge in [-0.15, -0.1) is 0 Å². The molecule has 0 aliphatic carbocycles. The van der Waals surface area contributed by atoms with Crippen molar-refractivity contribution < 1.29 is 14.3 Å². The van der Waals surface area contributed by atoms with E-state index in [2.05, 4.69) is 10.1 Å². The predicted octanol–water partition coefficient (Wildman–Crippen LogP) is 0.237. The Morgan fingerprint density at radius 3 is 2.79 bits per heavy atom. The van der Waals surface area contributed by atoms with Crippen LogP contribution in [0.3, 0.4) is 0 Å². The van der Waals surface area contributed by atoms with Crippen LogP contribution in [0.2, 0.25) is 0 Å². The molecular weight excluding hydrogens is 184 g/mol. The molecule has 1 rings (SSSR count). The lowest BCUT2D eigenvalue weighted by atomic mass is 10.2. The van der Waals surface area contributed by atoms with Gasteiger partial charge in [-0.2, -0.15) is 5.26 Å². The number of rotatable bonds is 2. The Bertz CT molecular complexity index is 338. The minimum atomic E-state index is -0.674. The van der Waals surface area contributed by atoms with Crippen LogP contribution in [0, 0.1) is 11.3 Å². The maximum absolute atomic E-state index is 11.2. The van der Waals surface area contributed by atoms with Gasteiger partial charge in [0.25, 0.3) is 0 Å². The Hall–Kier alpha value is -1.83. The largest absolute Gasteiger partial charge is 0.462 e. The topological polar surface area (TPSA) is 79.2 Å². The minimum Gasteiger partial charge on any atom is -0.462 e. The summed E-state index contributed by atoms with van der Waals surface area (Å²) in [5, 5.41) is 11.2. The standard InChI is InChI=1S/C9H10N2O3/c1-2-14-9(13)6(5-10)7-3-4-8(12)11-7/h2-4H2,1H3,(H,11,12). The van der Waals surface area contributed by atoms with Crippen LogP contribution < -0.4 is 5.32 Å². The van der Waals surface area contributed by atoms with E-state index < -0.39 is 5.97 Å². The molecule has 5 heteroatoms. The van der Waals surface area contributed by atoms with Crippen molar-refractivity contribution in [3.8, 4) is 6.07 Å². The fourth-order valence-corrected chi connectivity index (χ4v) is 1.16. The zero-order valence-electron chi connectivity index (χ0n) is 7.79. The maximum Gasteiger partial charge on any atom is 0.350 e. The van der Waals surface area contributed by atoms with Gasteiger partial charge >= 0.3 is 5.97 Å². The van der Waals surface area contributed by atoms with Crippen molar-refractivity contribution in [1.82, 2.24) is 5.32 Å². The Balaban J connectivity index is 2.86. The molecule has 1 saturated heterocycles. The lowest BCUT2D eigenvalue weighted by Crippen LogP contribution is -2.17. The van der Waals surface area contributed by atoms with Crippen LogP contribution in [0.25, 0.3) is 0 Å². The summed E-state index contributed by atoms with van der Waals surface area (Å²) in [5.41, 5.74) is 0.272. The second-order valence-corrected chi connectivity index (χ2v) is 2.73. The highest BCUT2D eigenvalue weighted by Crippen LogP contribution is 2.15. The van der Waals surface area contributed by atoms with Gasteiger partial charge in [-0.05, 0) is 13.3 Å². The molecule has 0 unspecified atom stereocenters. The highest BCUT2D eigenvalue weighted by atomic mass is 16.5. The highest BCUT2D eigenvalue weighted by Gasteiger charge is 2.23. The third-order valence-corrected chi connectivity index (χ3v) is 1.79. The number of hydrogen-bond donors (Lipinski definition) is 1. The molecule has 0 aromatic heterocycles. The SMILES string of the molecule is CCOC(=O)C(C#N)=C1CCC(=O)N1. The third kappa shape index (κ3) is 2.10. The van der Waals surface area contributed by atoms with E-state index in [1.807, 2.05) is 0 Å². The average Bonchev–Trinajstić information content (AvgIpc) is 2.54. The first-order valence-corrected chi connectivity index (χ1v) is 4.29. The number of hydrogen-bond acceptors (Lipinski definition) is 4. The van der Waals surface area contributed by atoms with Crippen LogP contribution in [-0.4, -0.2) is 18.5 Å². The first-order chi connectivity index (χ1) is 6.69. The summed E-state index contributed by atoms with van der Waals surface area (Å²) in [6, 6.07) is 1.74. The lowest BCUT2D eigenvalue weighted by Gasteiger charge is -2.02. The first-order valence-electron chi connectivity index (χ1n) is 4.29. The first kappa shape index (κ1) is 10.3. The summed E-state index contributed by atoms with van der Waals surface area (Å²) < 4.78 is 4.67. The summed E-state index contributed by atoms with van der Waals surface area (Å²) in [5.74, 6) is -0.843. The van der Waals surface area contributed by atoms with E-state index in [0.717, 1.165) is 0 Å². The van der Waals surface area contributed by atoms with Crippen LogP contribution in [0.4, 0.5) is 0 Å². The van der Waals surface area contributed by atoms with Gasteiger partial charge in [-0.3, -0.25) is 4.79 Å². The van der Waals surface area contributed by atoms with E-state index in [1.54, 1.807) is 13.0 Å². The maximum atomic E-state index is 11.2. The third-order valence-electron chi connectivity index (χ3n) is 1.79. The number of nitriles is 1. The molecule has 0 aromatic rings. The van der Waals surface area contributed by atoms with E-state index in [0.29, 0.717) is 18.5 Å². The number of nitrogens with zero attached hydrogens (tertiary/aromatic N) is 1. The normalized spacial score (nSPS) is 18.4. The highest BCUT2D eigenvalue weighted by molar-refractivity contribution is 5.95. The lowest BCUT2D eigenvalue weighted by molar-refractivity contribution is -0.138. The van der Waals surface area contributed by atoms with Gasteiger partial charge in [0.2, 0.25) is 5.91 Å². The second-order valence-electron chi connectivity index (χ2n) is 2.73. The summed E-state index contributed by atoms with van der Waals surface area (Å²) in [6.07, 6.45) is 0.723. The molecule has 0 bridgehead atoms. The van der Waals surface area contributed by atoms with Crippen LogP contribution in [0.15, 0.2) is 11.3 Å². The number of esters is 1. The van der Waals surface area contributed by atoms with Crippen molar-refractivity contribution >= 4 is 11.9 Å². The molecule has 1 aliphatic heterocycles. The van der Waals surface area contributed by atoms with Gasteiger partial charge in [-0.1, -0.05) is 0 Å². The van der Waals surface area contributed by atoms with E-state index in [9.17, 15) is 9.59 Å². The van der Waals surface area contributed by atoms with E-state index >= 15 is 0 Å². The summed E-state index contributed by atoms with van der Waals surface area (Å²) >= 11 is 0. The molecular formula is C9H10N2O3. The molecule has 74 valence electrons. The monoisotopic (exact) mass is 194 g/mol. The summed E-state index contributed by atoms with van der Waals surface area (Å²) in [6.45, 7) is 1.87. The summed E-state index contributed by atoms with van der Waals surface area (Å²) in [4.78, 5) is 22.1. The number of carbonyl (C=O) groups is 2. The molecule has 0 spiro atoms. The van der Waals surface area contributed by atoms with Crippen LogP contribution in [-0.2, 0) is 14.3 Å². The Kier molecular flexibility index (Phi) is 3.24. The Morgan fingerprint density at radius 2 is 2.36 bits per heavy atom. The number of nitrogens with one attached hydrogen (secondary N) is 1. The van der Waals surface area contributed by atoms with E-state index in [4.69, 9.17) is 5.26 Å². The Labute approximate surface area is 81.3 Å². The molecule has 5 nitrogen and oxygen atoms in total. The van der Waals surface area contributed by atoms with Gasteiger partial charge in [0.1, 0.15) is 6.07 Å². The summed E-state index contributed by atoms with van der Waals surface area (Å²) in [7, 11) is 0. The molecule has 14 heavy (non-hydrogen) atoms. The van der Waals surface area contributed by atoms with Gasteiger partial charge in [0, 0.05) is 12.1 Å². The molecule has 1 aliphatic rings. The van der Waals surface area contributed by atoms with Crippen LogP contribution >= 0.6 is 0 Å². The van der Waals surface area contributed by atoms with E-state index in [1.165, 1.54) is 0 Å². The zero-order valence-corrected chi connectivity index (χ0v) is 7.79. The van der Waals surface area contributed by atoms with Crippen molar-refractivity contribution in [2.75, 3.05) is 6.61 Å². The van der Waals surface area contributed by atoms with Crippen molar-refractivity contribution in [2.45, 2.75) is 19.8 Å². The molecule has 0 aromatic carbocycles. The van der Waals surface area contributed by atoms with Crippen LogP contribution in [0.1, 0.15) is 19.8 Å². The number of ether oxygens (including phenoxy) is 1. The number of amides is 1. The molecule has 0 atom stereocenters. The average molecular weight is 194 g/mol. The Morgan fingerprint density at radius 1 is 1.64 bits per heavy atom. The van der Waals surface area contributed by atoms with Gasteiger partial charge in [0.15, 0.2) is 5.57 Å². The van der Waals surface area contributed by atoms with Gasteiger partial charge in [0.05, 0.1) is 6.61 Å². The smallest absolute Gasteiger partial charge is 0.350 e. The second kappa shape index (κ2) is 4.42. The fraction of sp³-hybridized carbons (Fsp3) is 0.444. The molecule has 0 radical (unpaired) electrons. The molecule has 1 N–H and O–H groups in total. The van der Waals surface area contributed by atoms with Gasteiger partial charge in [-0.25, -0.2) is 4.79 Å². The quantitative estimate of drug-likeness (QED) is 0.388. The molecule has 1 fully saturated rings.